The zero-order chi connectivity index (χ0) is 17.6. The second-order valence-electron chi connectivity index (χ2n) is 5.04. The zero-order valence-electron chi connectivity index (χ0n) is 14.6. The SMILES string of the molecule is C=CC(N)=O.C=CC(N)=O.CCCCCCCCCCCC. The van der Waals surface area contributed by atoms with Gasteiger partial charge in [0.1, 0.15) is 0 Å². The fourth-order valence-corrected chi connectivity index (χ4v) is 1.56. The van der Waals surface area contributed by atoms with Gasteiger partial charge in [0, 0.05) is 0 Å². The number of carbonyl (C=O) groups is 2. The quantitative estimate of drug-likeness (QED) is 0.441. The first kappa shape index (κ1) is 25.4. The third-order valence-electron chi connectivity index (χ3n) is 2.86. The first-order chi connectivity index (χ1) is 10.5. The number of nitrogens with two attached hydrogens (primary N) is 2. The van der Waals surface area contributed by atoms with Crippen molar-refractivity contribution in [3.05, 3.63) is 25.3 Å². The Morgan fingerprint density at radius 2 is 0.864 bits per heavy atom. The van der Waals surface area contributed by atoms with E-state index < -0.39 is 11.8 Å². The number of hydrogen-bond donors (Lipinski definition) is 2. The van der Waals surface area contributed by atoms with Gasteiger partial charge in [-0.1, -0.05) is 91.2 Å². The summed E-state index contributed by atoms with van der Waals surface area (Å²) in [5, 5.41) is 0. The lowest BCUT2D eigenvalue weighted by Gasteiger charge is -1.99. The standard InChI is InChI=1S/C12H26.2C3H5NO/c1-3-5-7-9-11-12-10-8-6-4-2;2*1-2-3(4)5/h3-12H2,1-2H3;2*2H,1H2,(H2,4,5). The summed E-state index contributed by atoms with van der Waals surface area (Å²) in [6.45, 7) is 10.7. The van der Waals surface area contributed by atoms with Crippen LogP contribution in [0.4, 0.5) is 0 Å². The molecule has 0 aliphatic heterocycles. The molecule has 0 aromatic rings. The van der Waals surface area contributed by atoms with Gasteiger partial charge < -0.3 is 11.5 Å². The maximum absolute atomic E-state index is 9.47. The summed E-state index contributed by atoms with van der Waals surface area (Å²) in [6.07, 6.45) is 16.6. The fraction of sp³-hybridized carbons (Fsp3) is 0.667. The topological polar surface area (TPSA) is 86.2 Å². The Labute approximate surface area is 137 Å². The first-order valence-electron chi connectivity index (χ1n) is 8.29. The molecule has 0 spiro atoms. The van der Waals surface area contributed by atoms with Crippen LogP contribution >= 0.6 is 0 Å². The van der Waals surface area contributed by atoms with Gasteiger partial charge >= 0.3 is 0 Å². The Kier molecular flexibility index (Phi) is 28.2. The molecule has 0 aromatic heterocycles. The van der Waals surface area contributed by atoms with Crippen LogP contribution in [0.1, 0.15) is 78.1 Å². The molecule has 4 nitrogen and oxygen atoms in total. The number of amides is 2. The van der Waals surface area contributed by atoms with Crippen LogP contribution in [-0.4, -0.2) is 11.8 Å². The molecule has 2 amide bonds. The molecule has 0 fully saturated rings. The van der Waals surface area contributed by atoms with E-state index in [1.165, 1.54) is 64.2 Å². The minimum absolute atomic E-state index is 0.481. The van der Waals surface area contributed by atoms with Crippen molar-refractivity contribution in [3.8, 4) is 0 Å². The average Bonchev–Trinajstić information content (AvgIpc) is 2.51. The molecule has 0 heterocycles. The monoisotopic (exact) mass is 312 g/mol. The van der Waals surface area contributed by atoms with Crippen molar-refractivity contribution in [2.45, 2.75) is 78.1 Å². The molecule has 0 bridgehead atoms. The zero-order valence-corrected chi connectivity index (χ0v) is 14.6. The van der Waals surface area contributed by atoms with Crippen LogP contribution in [0.2, 0.25) is 0 Å². The lowest BCUT2D eigenvalue weighted by atomic mass is 10.1. The molecule has 0 rings (SSSR count). The lowest BCUT2D eigenvalue weighted by Crippen LogP contribution is -2.04. The molecule has 130 valence electrons. The molecule has 4 N–H and O–H groups in total. The van der Waals surface area contributed by atoms with Crippen LogP contribution in [0, 0.1) is 0 Å². The summed E-state index contributed by atoms with van der Waals surface area (Å²) >= 11 is 0. The molecular formula is C18H36N2O2. The molecule has 0 aliphatic rings. The van der Waals surface area contributed by atoms with Crippen molar-refractivity contribution < 1.29 is 9.59 Å². The van der Waals surface area contributed by atoms with E-state index in [9.17, 15) is 9.59 Å². The summed E-state index contributed by atoms with van der Waals surface area (Å²) in [6, 6.07) is 0. The van der Waals surface area contributed by atoms with Crippen LogP contribution in [0.5, 0.6) is 0 Å². The molecule has 0 unspecified atom stereocenters. The van der Waals surface area contributed by atoms with E-state index in [4.69, 9.17) is 0 Å². The fourth-order valence-electron chi connectivity index (χ4n) is 1.56. The summed E-state index contributed by atoms with van der Waals surface area (Å²) in [7, 11) is 0. The van der Waals surface area contributed by atoms with Gasteiger partial charge in [-0.3, -0.25) is 9.59 Å². The highest BCUT2D eigenvalue weighted by atomic mass is 16.1. The largest absolute Gasteiger partial charge is 0.366 e. The third-order valence-corrected chi connectivity index (χ3v) is 2.86. The second-order valence-corrected chi connectivity index (χ2v) is 5.04. The third kappa shape index (κ3) is 42.9. The molecular weight excluding hydrogens is 276 g/mol. The van der Waals surface area contributed by atoms with Crippen LogP contribution in [0.3, 0.4) is 0 Å². The van der Waals surface area contributed by atoms with Crippen molar-refractivity contribution in [3.63, 3.8) is 0 Å². The number of unbranched alkanes of at least 4 members (excludes halogenated alkanes) is 9. The molecule has 0 atom stereocenters. The predicted octanol–water partition coefficient (Wildman–Crippen LogP) is 4.24. The van der Waals surface area contributed by atoms with E-state index in [-0.39, 0.29) is 0 Å². The van der Waals surface area contributed by atoms with Gasteiger partial charge in [-0.05, 0) is 12.2 Å². The van der Waals surface area contributed by atoms with Gasteiger partial charge in [-0.25, -0.2) is 0 Å². The second kappa shape index (κ2) is 24.4. The lowest BCUT2D eigenvalue weighted by molar-refractivity contribution is -0.114. The highest BCUT2D eigenvalue weighted by molar-refractivity contribution is 5.85. The van der Waals surface area contributed by atoms with Crippen LogP contribution in [0.15, 0.2) is 25.3 Å². The molecule has 0 saturated carbocycles. The minimum atomic E-state index is -0.481. The first-order valence-corrected chi connectivity index (χ1v) is 8.29. The number of rotatable bonds is 11. The van der Waals surface area contributed by atoms with Crippen molar-refractivity contribution in [2.24, 2.45) is 11.5 Å². The maximum atomic E-state index is 9.47. The minimum Gasteiger partial charge on any atom is -0.366 e. The Hall–Kier alpha value is -1.58. The van der Waals surface area contributed by atoms with E-state index in [2.05, 4.69) is 38.5 Å². The van der Waals surface area contributed by atoms with Crippen molar-refractivity contribution >= 4 is 11.8 Å². The highest BCUT2D eigenvalue weighted by Crippen LogP contribution is 2.09. The average molecular weight is 312 g/mol. The molecule has 0 radical (unpaired) electrons. The van der Waals surface area contributed by atoms with Gasteiger partial charge in [0.2, 0.25) is 11.8 Å². The van der Waals surface area contributed by atoms with Gasteiger partial charge in [0.25, 0.3) is 0 Å². The van der Waals surface area contributed by atoms with E-state index in [1.54, 1.807) is 0 Å². The molecule has 0 saturated heterocycles. The van der Waals surface area contributed by atoms with E-state index in [0.29, 0.717) is 0 Å². The van der Waals surface area contributed by atoms with Gasteiger partial charge in [-0.2, -0.15) is 0 Å². The normalized spacial score (nSPS) is 8.64. The maximum Gasteiger partial charge on any atom is 0.240 e. The van der Waals surface area contributed by atoms with Crippen LogP contribution < -0.4 is 11.5 Å². The predicted molar refractivity (Wildman–Crippen MR) is 96.3 cm³/mol. The van der Waals surface area contributed by atoms with Gasteiger partial charge in [-0.15, -0.1) is 0 Å². The number of hydrogen-bond acceptors (Lipinski definition) is 2. The van der Waals surface area contributed by atoms with Crippen LogP contribution in [-0.2, 0) is 9.59 Å². The number of carbonyl (C=O) groups excluding carboxylic acids is 2. The molecule has 4 heteroatoms. The van der Waals surface area contributed by atoms with E-state index in [1.807, 2.05) is 0 Å². The Bertz CT molecular complexity index is 248. The molecule has 22 heavy (non-hydrogen) atoms. The smallest absolute Gasteiger partial charge is 0.240 e. The molecule has 0 aromatic carbocycles. The van der Waals surface area contributed by atoms with Crippen molar-refractivity contribution in [1.82, 2.24) is 0 Å². The Morgan fingerprint density at radius 3 is 1.00 bits per heavy atom. The summed E-state index contributed by atoms with van der Waals surface area (Å²) in [5.74, 6) is -0.963. The Morgan fingerprint density at radius 1 is 0.682 bits per heavy atom. The van der Waals surface area contributed by atoms with Crippen LogP contribution in [0.25, 0.3) is 0 Å². The summed E-state index contributed by atoms with van der Waals surface area (Å²) in [5.41, 5.74) is 9.07. The van der Waals surface area contributed by atoms with E-state index >= 15 is 0 Å². The Balaban J connectivity index is -0.000000298. The van der Waals surface area contributed by atoms with Gasteiger partial charge in [0.15, 0.2) is 0 Å². The van der Waals surface area contributed by atoms with Crippen molar-refractivity contribution in [2.75, 3.05) is 0 Å². The highest BCUT2D eigenvalue weighted by Gasteiger charge is 1.90. The number of primary amides is 2. The van der Waals surface area contributed by atoms with Crippen molar-refractivity contribution in [1.29, 1.82) is 0 Å². The van der Waals surface area contributed by atoms with Gasteiger partial charge in [0.05, 0.1) is 0 Å². The summed E-state index contributed by atoms with van der Waals surface area (Å²) in [4.78, 5) is 18.9. The molecule has 0 aliphatic carbocycles. The van der Waals surface area contributed by atoms with E-state index in [0.717, 1.165) is 12.2 Å². The summed E-state index contributed by atoms with van der Waals surface area (Å²) < 4.78 is 0.